The summed E-state index contributed by atoms with van der Waals surface area (Å²) in [6.45, 7) is 2.01. The lowest BCUT2D eigenvalue weighted by Gasteiger charge is -1.92. The maximum Gasteiger partial charge on any atom is 0.271 e. The molecule has 0 aliphatic rings. The van der Waals surface area contributed by atoms with Gasteiger partial charge in [-0.05, 0) is 30.8 Å². The number of hydrogen-bond acceptors (Lipinski definition) is 2. The summed E-state index contributed by atoms with van der Waals surface area (Å²) in [6, 6.07) is 7.76. The topological polar surface area (TPSA) is 17.1 Å². The van der Waals surface area contributed by atoms with Crippen molar-refractivity contribution in [2.24, 2.45) is 0 Å². The second kappa shape index (κ2) is 3.42. The summed E-state index contributed by atoms with van der Waals surface area (Å²) in [4.78, 5) is 10.8. The van der Waals surface area contributed by atoms with E-state index < -0.39 is 0 Å². The van der Waals surface area contributed by atoms with E-state index in [2.05, 4.69) is 0 Å². The first-order valence-corrected chi connectivity index (χ1v) is 3.75. The second-order valence-corrected chi connectivity index (χ2v) is 2.84. The molecule has 0 aromatic heterocycles. The molecule has 1 aromatic carbocycles. The zero-order valence-corrected chi connectivity index (χ0v) is 6.44. The largest absolute Gasteiger partial charge is 0.277 e. The van der Waals surface area contributed by atoms with Gasteiger partial charge in [0.2, 0.25) is 0 Å². The standard InChI is InChI=1S/C8H7OS/c1-7-2-4-8(5-3-7)10-6-9/h2-5H,1H3. The van der Waals surface area contributed by atoms with Crippen molar-refractivity contribution in [3.05, 3.63) is 29.8 Å². The van der Waals surface area contributed by atoms with Crippen LogP contribution in [0.15, 0.2) is 29.2 Å². The van der Waals surface area contributed by atoms with E-state index in [4.69, 9.17) is 0 Å². The van der Waals surface area contributed by atoms with Crippen LogP contribution in [0.2, 0.25) is 0 Å². The Kier molecular flexibility index (Phi) is 2.51. The van der Waals surface area contributed by atoms with E-state index >= 15 is 0 Å². The molecule has 2 heteroatoms. The average Bonchev–Trinajstić information content (AvgIpc) is 1.95. The lowest BCUT2D eigenvalue weighted by molar-refractivity contribution is 0.570. The fraction of sp³-hybridized carbons (Fsp3) is 0.125. The Morgan fingerprint density at radius 2 is 1.90 bits per heavy atom. The first-order valence-electron chi connectivity index (χ1n) is 2.93. The van der Waals surface area contributed by atoms with E-state index in [0.717, 1.165) is 16.7 Å². The van der Waals surface area contributed by atoms with Crippen LogP contribution in [0.1, 0.15) is 5.56 Å². The Hall–Kier alpha value is -0.760. The molecule has 0 N–H and O–H groups in total. The summed E-state index contributed by atoms with van der Waals surface area (Å²) in [5.41, 5.74) is 2.97. The predicted molar refractivity (Wildman–Crippen MR) is 42.7 cm³/mol. The first kappa shape index (κ1) is 7.35. The maximum atomic E-state index is 9.90. The van der Waals surface area contributed by atoms with Crippen LogP contribution in [0, 0.1) is 6.92 Å². The van der Waals surface area contributed by atoms with Crippen molar-refractivity contribution in [1.29, 1.82) is 0 Å². The molecular weight excluding hydrogens is 144 g/mol. The van der Waals surface area contributed by atoms with Gasteiger partial charge >= 0.3 is 0 Å². The van der Waals surface area contributed by atoms with Crippen molar-refractivity contribution >= 4 is 17.4 Å². The quantitative estimate of drug-likeness (QED) is 0.602. The molecule has 0 aliphatic carbocycles. The Morgan fingerprint density at radius 1 is 1.30 bits per heavy atom. The molecule has 0 saturated carbocycles. The molecule has 0 aliphatic heterocycles. The molecule has 0 heterocycles. The van der Waals surface area contributed by atoms with Gasteiger partial charge in [0, 0.05) is 4.90 Å². The fourth-order valence-electron chi connectivity index (χ4n) is 0.654. The molecule has 1 aromatic rings. The van der Waals surface area contributed by atoms with Crippen LogP contribution in [0.5, 0.6) is 0 Å². The third kappa shape index (κ3) is 1.88. The van der Waals surface area contributed by atoms with E-state index in [1.54, 1.807) is 5.62 Å². The number of thioether (sulfide) groups is 1. The summed E-state index contributed by atoms with van der Waals surface area (Å²) in [5.74, 6) is 0. The van der Waals surface area contributed by atoms with Crippen LogP contribution in [0.3, 0.4) is 0 Å². The number of rotatable bonds is 2. The van der Waals surface area contributed by atoms with Crippen LogP contribution < -0.4 is 0 Å². The van der Waals surface area contributed by atoms with Gasteiger partial charge in [0.05, 0.1) is 0 Å². The highest BCUT2D eigenvalue weighted by Gasteiger charge is 1.89. The Morgan fingerprint density at radius 3 is 2.40 bits per heavy atom. The fourth-order valence-corrected chi connectivity index (χ4v) is 1.02. The summed E-state index contributed by atoms with van der Waals surface area (Å²) in [6.07, 6.45) is 0. The monoisotopic (exact) mass is 151 g/mol. The predicted octanol–water partition coefficient (Wildman–Crippen LogP) is 2.15. The van der Waals surface area contributed by atoms with Crippen LogP contribution in [0.25, 0.3) is 0 Å². The van der Waals surface area contributed by atoms with E-state index in [1.165, 1.54) is 5.56 Å². The molecule has 0 spiro atoms. The SMILES string of the molecule is Cc1ccc(S[C]=O)cc1. The summed E-state index contributed by atoms with van der Waals surface area (Å²) >= 11 is 1.08. The number of benzene rings is 1. The third-order valence-corrected chi connectivity index (χ3v) is 1.77. The zero-order valence-electron chi connectivity index (χ0n) is 5.63. The van der Waals surface area contributed by atoms with Gasteiger partial charge in [-0.15, -0.1) is 0 Å². The van der Waals surface area contributed by atoms with Gasteiger partial charge in [0.25, 0.3) is 5.62 Å². The van der Waals surface area contributed by atoms with Gasteiger partial charge in [-0.3, -0.25) is 4.79 Å². The van der Waals surface area contributed by atoms with Crippen LogP contribution >= 0.6 is 11.8 Å². The molecule has 10 heavy (non-hydrogen) atoms. The smallest absolute Gasteiger partial charge is 0.271 e. The van der Waals surface area contributed by atoms with Crippen LogP contribution in [0.4, 0.5) is 0 Å². The van der Waals surface area contributed by atoms with E-state index in [9.17, 15) is 4.79 Å². The lowest BCUT2D eigenvalue weighted by atomic mass is 10.2. The molecule has 1 rings (SSSR count). The second-order valence-electron chi connectivity index (χ2n) is 2.00. The number of aryl methyl sites for hydroxylation is 1. The summed E-state index contributed by atoms with van der Waals surface area (Å²) in [7, 11) is 0. The molecule has 0 fully saturated rings. The van der Waals surface area contributed by atoms with Crippen LogP contribution in [-0.2, 0) is 4.79 Å². The van der Waals surface area contributed by atoms with Crippen molar-refractivity contribution in [3.8, 4) is 0 Å². The average molecular weight is 151 g/mol. The minimum absolute atomic E-state index is 0.945. The molecule has 51 valence electrons. The minimum Gasteiger partial charge on any atom is -0.277 e. The molecule has 0 atom stereocenters. The van der Waals surface area contributed by atoms with Gasteiger partial charge in [-0.25, -0.2) is 0 Å². The number of carbonyl (C=O) groups excluding carboxylic acids is 1. The third-order valence-electron chi connectivity index (χ3n) is 1.18. The van der Waals surface area contributed by atoms with E-state index in [-0.39, 0.29) is 0 Å². The van der Waals surface area contributed by atoms with E-state index in [0.29, 0.717) is 0 Å². The Labute approximate surface area is 64.4 Å². The van der Waals surface area contributed by atoms with Gasteiger partial charge in [0.15, 0.2) is 0 Å². The van der Waals surface area contributed by atoms with Gasteiger partial charge < -0.3 is 0 Å². The molecule has 0 amide bonds. The van der Waals surface area contributed by atoms with Gasteiger partial charge in [-0.1, -0.05) is 17.7 Å². The molecular formula is C8H7OS. The molecule has 0 bridgehead atoms. The first-order chi connectivity index (χ1) is 4.83. The molecule has 0 saturated heterocycles. The minimum atomic E-state index is 0.945. The van der Waals surface area contributed by atoms with Crippen molar-refractivity contribution < 1.29 is 4.79 Å². The summed E-state index contributed by atoms with van der Waals surface area (Å²) in [5, 5.41) is 0. The maximum absolute atomic E-state index is 9.90. The zero-order chi connectivity index (χ0) is 7.40. The van der Waals surface area contributed by atoms with Gasteiger partial charge in [-0.2, -0.15) is 0 Å². The highest BCUT2D eigenvalue weighted by atomic mass is 32.2. The highest BCUT2D eigenvalue weighted by Crippen LogP contribution is 2.14. The highest BCUT2D eigenvalue weighted by molar-refractivity contribution is 8.11. The molecule has 1 radical (unpaired) electrons. The normalized spacial score (nSPS) is 9.30. The van der Waals surface area contributed by atoms with Crippen molar-refractivity contribution in [1.82, 2.24) is 0 Å². The van der Waals surface area contributed by atoms with Crippen molar-refractivity contribution in [2.45, 2.75) is 11.8 Å². The van der Waals surface area contributed by atoms with E-state index in [1.807, 2.05) is 31.2 Å². The Bertz CT molecular complexity index is 215. The summed E-state index contributed by atoms with van der Waals surface area (Å²) < 4.78 is 0. The van der Waals surface area contributed by atoms with Crippen molar-refractivity contribution in [2.75, 3.05) is 0 Å². The molecule has 1 nitrogen and oxygen atoms in total. The van der Waals surface area contributed by atoms with Crippen LogP contribution in [-0.4, -0.2) is 5.62 Å². The Balaban J connectivity index is 2.78. The van der Waals surface area contributed by atoms with Gasteiger partial charge in [0.1, 0.15) is 0 Å². The molecule has 0 unspecified atom stereocenters. The van der Waals surface area contributed by atoms with Crippen molar-refractivity contribution in [3.63, 3.8) is 0 Å². The number of hydrogen-bond donors (Lipinski definition) is 0. The lowest BCUT2D eigenvalue weighted by Crippen LogP contribution is -1.71.